The first-order valence-electron chi connectivity index (χ1n) is 4.77. The van der Waals surface area contributed by atoms with Crippen LogP contribution in [0.25, 0.3) is 0 Å². The van der Waals surface area contributed by atoms with Crippen LogP contribution in [0.3, 0.4) is 0 Å². The van der Waals surface area contributed by atoms with Gasteiger partial charge in [-0.15, -0.1) is 0 Å². The van der Waals surface area contributed by atoms with E-state index in [1.165, 1.54) is 12.1 Å². The van der Waals surface area contributed by atoms with Gasteiger partial charge in [-0.25, -0.2) is 10.0 Å². The fraction of sp³-hybridized carbons (Fsp3) is 1.00. The number of hydrogen-bond acceptors (Lipinski definition) is 2. The van der Waals surface area contributed by atoms with E-state index in [1.54, 1.807) is 12.1 Å². The Bertz CT molecular complexity index is 203. The molecule has 1 aliphatic rings. The minimum absolute atomic E-state index is 0.00775. The molecular weight excluding hydrogens is 193 g/mol. The first-order valence-corrected chi connectivity index (χ1v) is 4.77. The Kier molecular flexibility index (Phi) is 3.11. The van der Waals surface area contributed by atoms with E-state index in [0.717, 1.165) is 0 Å². The van der Waals surface area contributed by atoms with Gasteiger partial charge in [0.2, 0.25) is 0 Å². The van der Waals surface area contributed by atoms with Gasteiger partial charge < -0.3 is 0 Å². The van der Waals surface area contributed by atoms with Gasteiger partial charge in [0.25, 0.3) is 0 Å². The van der Waals surface area contributed by atoms with Gasteiger partial charge in [-0.2, -0.15) is 13.2 Å². The van der Waals surface area contributed by atoms with Crippen LogP contribution in [0, 0.1) is 5.92 Å². The molecule has 1 saturated heterocycles. The van der Waals surface area contributed by atoms with Gasteiger partial charge in [0, 0.05) is 20.1 Å². The second-order valence-corrected chi connectivity index (χ2v) is 4.25. The molecule has 0 aliphatic carbocycles. The number of hydrogen-bond donors (Lipinski definition) is 0. The Balaban J connectivity index is 2.77. The van der Waals surface area contributed by atoms with Gasteiger partial charge in [-0.1, -0.05) is 13.8 Å². The van der Waals surface area contributed by atoms with Crippen molar-refractivity contribution < 1.29 is 13.2 Å². The highest BCUT2D eigenvalue weighted by molar-refractivity contribution is 4.89. The molecule has 0 spiro atoms. The van der Waals surface area contributed by atoms with Crippen molar-refractivity contribution in [3.05, 3.63) is 0 Å². The molecule has 2 unspecified atom stereocenters. The predicted molar refractivity (Wildman–Crippen MR) is 48.6 cm³/mol. The standard InChI is InChI=1S/C9H17F3N2/c1-6(2)7-5-8(9(10,11)12)14(4)13(7)3/h6-8H,5H2,1-4H3. The zero-order chi connectivity index (χ0) is 11.1. The highest BCUT2D eigenvalue weighted by Gasteiger charge is 2.50. The molecule has 0 N–H and O–H groups in total. The minimum atomic E-state index is -4.12. The Morgan fingerprint density at radius 2 is 1.64 bits per heavy atom. The smallest absolute Gasteiger partial charge is 0.241 e. The van der Waals surface area contributed by atoms with E-state index in [0.29, 0.717) is 0 Å². The molecule has 0 bridgehead atoms. The Morgan fingerprint density at radius 3 is 1.86 bits per heavy atom. The maximum atomic E-state index is 12.6. The Morgan fingerprint density at radius 1 is 1.14 bits per heavy atom. The average molecular weight is 210 g/mol. The zero-order valence-corrected chi connectivity index (χ0v) is 8.97. The van der Waals surface area contributed by atoms with Crippen molar-refractivity contribution in [2.75, 3.05) is 14.1 Å². The molecular formula is C9H17F3N2. The Labute approximate surface area is 82.6 Å². The van der Waals surface area contributed by atoms with E-state index in [9.17, 15) is 13.2 Å². The van der Waals surface area contributed by atoms with Gasteiger partial charge in [0.15, 0.2) is 0 Å². The van der Waals surface area contributed by atoms with E-state index >= 15 is 0 Å². The average Bonchev–Trinajstić information content (AvgIpc) is 2.28. The van der Waals surface area contributed by atoms with Crippen molar-refractivity contribution in [2.45, 2.75) is 38.5 Å². The van der Waals surface area contributed by atoms with Crippen LogP contribution in [0.15, 0.2) is 0 Å². The normalized spacial score (nSPS) is 31.7. The summed E-state index contributed by atoms with van der Waals surface area (Å²) in [6.45, 7) is 3.90. The molecule has 1 aliphatic heterocycles. The van der Waals surface area contributed by atoms with Crippen molar-refractivity contribution in [2.24, 2.45) is 5.92 Å². The van der Waals surface area contributed by atoms with Crippen molar-refractivity contribution in [3.63, 3.8) is 0 Å². The zero-order valence-electron chi connectivity index (χ0n) is 8.97. The molecule has 84 valence electrons. The molecule has 1 heterocycles. The maximum absolute atomic E-state index is 12.6. The second-order valence-electron chi connectivity index (χ2n) is 4.25. The summed E-state index contributed by atoms with van der Waals surface area (Å²) in [7, 11) is 3.22. The van der Waals surface area contributed by atoms with Gasteiger partial charge in [-0.3, -0.25) is 0 Å². The summed E-state index contributed by atoms with van der Waals surface area (Å²) in [5, 5.41) is 2.99. The summed E-state index contributed by atoms with van der Waals surface area (Å²) >= 11 is 0. The van der Waals surface area contributed by atoms with Gasteiger partial charge >= 0.3 is 6.18 Å². The third kappa shape index (κ3) is 2.03. The topological polar surface area (TPSA) is 6.48 Å². The lowest BCUT2D eigenvalue weighted by atomic mass is 9.99. The third-order valence-corrected chi connectivity index (χ3v) is 3.04. The largest absolute Gasteiger partial charge is 0.405 e. The highest BCUT2D eigenvalue weighted by Crippen LogP contribution is 2.36. The van der Waals surface area contributed by atoms with Crippen LogP contribution < -0.4 is 0 Å². The lowest BCUT2D eigenvalue weighted by Crippen LogP contribution is -2.44. The molecule has 1 fully saturated rings. The molecule has 0 aromatic rings. The summed E-state index contributed by atoms with van der Waals surface area (Å²) in [5.41, 5.74) is 0. The Hall–Kier alpha value is -0.290. The molecule has 0 radical (unpaired) electrons. The summed E-state index contributed by atoms with van der Waals surface area (Å²) in [6.07, 6.45) is -3.94. The van der Waals surface area contributed by atoms with Crippen LogP contribution in [0.4, 0.5) is 13.2 Å². The molecule has 1 rings (SSSR count). The van der Waals surface area contributed by atoms with E-state index in [-0.39, 0.29) is 18.4 Å². The van der Waals surface area contributed by atoms with Crippen LogP contribution in [0.1, 0.15) is 20.3 Å². The van der Waals surface area contributed by atoms with Crippen LogP contribution in [-0.2, 0) is 0 Å². The summed E-state index contributed by atoms with van der Waals surface area (Å²) in [6, 6.07) is -1.33. The van der Waals surface area contributed by atoms with Crippen molar-refractivity contribution in [3.8, 4) is 0 Å². The van der Waals surface area contributed by atoms with Gasteiger partial charge in [-0.05, 0) is 12.3 Å². The second kappa shape index (κ2) is 3.70. The van der Waals surface area contributed by atoms with Crippen LogP contribution in [0.2, 0.25) is 0 Å². The van der Waals surface area contributed by atoms with E-state index in [4.69, 9.17) is 0 Å². The van der Waals surface area contributed by atoms with E-state index < -0.39 is 12.2 Å². The highest BCUT2D eigenvalue weighted by atomic mass is 19.4. The molecule has 14 heavy (non-hydrogen) atoms. The number of rotatable bonds is 1. The van der Waals surface area contributed by atoms with Crippen molar-refractivity contribution >= 4 is 0 Å². The molecule has 0 amide bonds. The lowest BCUT2D eigenvalue weighted by molar-refractivity contribution is -0.191. The quantitative estimate of drug-likeness (QED) is 0.654. The maximum Gasteiger partial charge on any atom is 0.405 e. The fourth-order valence-corrected chi connectivity index (χ4v) is 2.04. The minimum Gasteiger partial charge on any atom is -0.241 e. The van der Waals surface area contributed by atoms with Crippen LogP contribution in [0.5, 0.6) is 0 Å². The summed E-state index contributed by atoms with van der Waals surface area (Å²) in [5.74, 6) is 0.245. The monoisotopic (exact) mass is 210 g/mol. The third-order valence-electron chi connectivity index (χ3n) is 3.04. The molecule has 0 saturated carbocycles. The van der Waals surface area contributed by atoms with Crippen molar-refractivity contribution in [1.29, 1.82) is 0 Å². The fourth-order valence-electron chi connectivity index (χ4n) is 2.04. The summed E-state index contributed by atoms with van der Waals surface area (Å²) in [4.78, 5) is 0. The number of hydrazine groups is 1. The van der Waals surface area contributed by atoms with Crippen molar-refractivity contribution in [1.82, 2.24) is 10.0 Å². The predicted octanol–water partition coefficient (Wildman–Crippen LogP) is 2.12. The molecule has 0 aromatic heterocycles. The summed E-state index contributed by atoms with van der Waals surface area (Å²) < 4.78 is 37.7. The SMILES string of the molecule is CC(C)C1CC(C(F)(F)F)N(C)N1C. The first kappa shape index (κ1) is 11.8. The van der Waals surface area contributed by atoms with Gasteiger partial charge in [0.05, 0.1) is 0 Å². The molecule has 2 nitrogen and oxygen atoms in total. The van der Waals surface area contributed by atoms with E-state index in [2.05, 4.69) is 0 Å². The van der Waals surface area contributed by atoms with Crippen LogP contribution >= 0.6 is 0 Å². The molecule has 0 aromatic carbocycles. The molecule has 5 heteroatoms. The lowest BCUT2D eigenvalue weighted by Gasteiger charge is -2.29. The van der Waals surface area contributed by atoms with Gasteiger partial charge in [0.1, 0.15) is 6.04 Å². The molecule has 2 atom stereocenters. The first-order chi connectivity index (χ1) is 6.25. The number of nitrogens with zero attached hydrogens (tertiary/aromatic N) is 2. The number of halogens is 3. The van der Waals surface area contributed by atoms with Crippen LogP contribution in [-0.4, -0.2) is 42.4 Å². The number of alkyl halides is 3. The van der Waals surface area contributed by atoms with E-state index in [1.807, 2.05) is 13.8 Å².